The lowest BCUT2D eigenvalue weighted by Gasteiger charge is -2.32. The van der Waals surface area contributed by atoms with Crippen LogP contribution in [0.3, 0.4) is 0 Å². The molecule has 1 unspecified atom stereocenters. The fourth-order valence-electron chi connectivity index (χ4n) is 4.42. The predicted molar refractivity (Wildman–Crippen MR) is 123 cm³/mol. The number of para-hydroxylation sites is 2. The van der Waals surface area contributed by atoms with Gasteiger partial charge in [0.15, 0.2) is 0 Å². The minimum atomic E-state index is -0.759. The van der Waals surface area contributed by atoms with Crippen molar-refractivity contribution in [3.63, 3.8) is 0 Å². The van der Waals surface area contributed by atoms with Gasteiger partial charge in [0, 0.05) is 30.5 Å². The number of amides is 1. The molecule has 0 radical (unpaired) electrons. The zero-order chi connectivity index (χ0) is 23.3. The topological polar surface area (TPSA) is 95.0 Å². The molecule has 2 aromatic heterocycles. The Morgan fingerprint density at radius 2 is 1.82 bits per heavy atom. The number of hydrogen-bond donors (Lipinski definition) is 0. The summed E-state index contributed by atoms with van der Waals surface area (Å²) in [5.41, 5.74) is 2.93. The fraction of sp³-hybridized carbons (Fsp3) is 0.208. The van der Waals surface area contributed by atoms with E-state index in [1.807, 2.05) is 49.4 Å². The Hall–Kier alpha value is -3.72. The largest absolute Gasteiger partial charge is 0.854 e. The summed E-state index contributed by atoms with van der Waals surface area (Å²) in [6, 6.07) is 14.8. The Balaban J connectivity index is 1.89. The van der Waals surface area contributed by atoms with Crippen molar-refractivity contribution in [1.29, 1.82) is 0 Å². The minimum Gasteiger partial charge on any atom is -0.854 e. The summed E-state index contributed by atoms with van der Waals surface area (Å²) in [5, 5.41) is 19.0. The van der Waals surface area contributed by atoms with Gasteiger partial charge in [0.25, 0.3) is 17.0 Å². The first-order valence-corrected chi connectivity index (χ1v) is 11.5. The van der Waals surface area contributed by atoms with E-state index >= 15 is 0 Å². The van der Waals surface area contributed by atoms with Crippen LogP contribution < -0.4 is 14.7 Å². The smallest absolute Gasteiger partial charge is 0.295 e. The van der Waals surface area contributed by atoms with Crippen LogP contribution in [0.5, 0.6) is 5.88 Å². The van der Waals surface area contributed by atoms with E-state index in [0.29, 0.717) is 33.4 Å². The number of thioether (sulfide) groups is 1. The van der Waals surface area contributed by atoms with Gasteiger partial charge < -0.3 is 5.11 Å². The molecule has 0 spiro atoms. The van der Waals surface area contributed by atoms with Gasteiger partial charge in [-0.15, -0.1) is 0 Å². The van der Waals surface area contributed by atoms with E-state index < -0.39 is 12.0 Å². The van der Waals surface area contributed by atoms with E-state index in [9.17, 15) is 14.7 Å². The minimum absolute atomic E-state index is 0.150. The van der Waals surface area contributed by atoms with Gasteiger partial charge in [-0.25, -0.2) is 9.88 Å². The number of aromatic nitrogens is 4. The summed E-state index contributed by atoms with van der Waals surface area (Å²) >= 11 is 1.36. The molecule has 1 aliphatic rings. The average molecular weight is 460 g/mol. The SMILES string of the molecule is CCSc1nc([O-])c2[n+](n1)C(c1cn(C(C)=O)c3ccccc13)N(C(C)=O)c1ccccc1-2. The van der Waals surface area contributed by atoms with Crippen molar-refractivity contribution in [2.24, 2.45) is 0 Å². The number of hydrogen-bond acceptors (Lipinski definition) is 6. The van der Waals surface area contributed by atoms with Gasteiger partial charge in [0.2, 0.25) is 11.8 Å². The molecule has 0 bridgehead atoms. The molecule has 0 saturated heterocycles. The highest BCUT2D eigenvalue weighted by atomic mass is 32.2. The number of carbonyl (C=O) groups is 2. The third-order valence-electron chi connectivity index (χ3n) is 5.69. The van der Waals surface area contributed by atoms with Gasteiger partial charge in [0.1, 0.15) is 0 Å². The van der Waals surface area contributed by atoms with Crippen molar-refractivity contribution in [1.82, 2.24) is 14.6 Å². The van der Waals surface area contributed by atoms with Gasteiger partial charge in [-0.2, -0.15) is 0 Å². The van der Waals surface area contributed by atoms with Crippen LogP contribution in [0.4, 0.5) is 5.69 Å². The number of carbonyl (C=O) groups excluding carboxylic acids is 2. The maximum Gasteiger partial charge on any atom is 0.295 e. The molecule has 2 aromatic carbocycles. The molecular formula is C24H21N5O3S. The van der Waals surface area contributed by atoms with Crippen LogP contribution in [0.15, 0.2) is 59.9 Å². The molecular weight excluding hydrogens is 438 g/mol. The lowest BCUT2D eigenvalue weighted by molar-refractivity contribution is -0.764. The average Bonchev–Trinajstić information content (AvgIpc) is 3.17. The van der Waals surface area contributed by atoms with Crippen molar-refractivity contribution in [2.75, 3.05) is 10.7 Å². The summed E-state index contributed by atoms with van der Waals surface area (Å²) in [5.74, 6) is -0.0688. The molecule has 33 heavy (non-hydrogen) atoms. The van der Waals surface area contributed by atoms with Crippen molar-refractivity contribution < 1.29 is 19.4 Å². The summed E-state index contributed by atoms with van der Waals surface area (Å²) in [6.45, 7) is 4.93. The quantitative estimate of drug-likeness (QED) is 0.345. The Morgan fingerprint density at radius 1 is 1.09 bits per heavy atom. The zero-order valence-electron chi connectivity index (χ0n) is 18.3. The molecule has 4 aromatic rings. The summed E-state index contributed by atoms with van der Waals surface area (Å²) < 4.78 is 3.15. The Kier molecular flexibility index (Phi) is 5.13. The van der Waals surface area contributed by atoms with Gasteiger partial charge in [-0.3, -0.25) is 14.2 Å². The van der Waals surface area contributed by atoms with Gasteiger partial charge in [-0.1, -0.05) is 53.7 Å². The van der Waals surface area contributed by atoms with Gasteiger partial charge >= 0.3 is 0 Å². The van der Waals surface area contributed by atoms with Crippen LogP contribution in [-0.4, -0.2) is 32.2 Å². The van der Waals surface area contributed by atoms with E-state index in [2.05, 4.69) is 4.98 Å². The lowest BCUT2D eigenvalue weighted by Crippen LogP contribution is -2.58. The van der Waals surface area contributed by atoms with Crippen LogP contribution >= 0.6 is 11.8 Å². The standard InChI is InChI=1S/C24H21N5O3S/c1-4-33-24-25-22(32)21-17-10-6-8-12-20(17)28(15(3)31)23(29(21)26-24)18-13-27(14(2)30)19-11-7-5-9-16(18)19/h5-13,23H,4H2,1-3H3. The molecule has 1 aliphatic heterocycles. The highest BCUT2D eigenvalue weighted by molar-refractivity contribution is 7.99. The number of rotatable bonds is 3. The highest BCUT2D eigenvalue weighted by Gasteiger charge is 2.45. The molecule has 9 heteroatoms. The molecule has 1 amide bonds. The van der Waals surface area contributed by atoms with Crippen LogP contribution in [-0.2, 0) is 4.79 Å². The second-order valence-corrected chi connectivity index (χ2v) is 8.93. The molecule has 166 valence electrons. The molecule has 0 saturated carbocycles. The van der Waals surface area contributed by atoms with Crippen LogP contribution in [0.2, 0.25) is 0 Å². The number of benzene rings is 2. The number of nitrogens with zero attached hydrogens (tertiary/aromatic N) is 5. The number of anilines is 1. The van der Waals surface area contributed by atoms with Crippen molar-refractivity contribution in [3.05, 3.63) is 60.3 Å². The second kappa shape index (κ2) is 8.00. The van der Waals surface area contributed by atoms with Crippen molar-refractivity contribution in [3.8, 4) is 17.1 Å². The number of fused-ring (bicyclic) bond motifs is 4. The van der Waals surface area contributed by atoms with E-state index in [0.717, 1.165) is 10.9 Å². The third kappa shape index (κ3) is 3.27. The predicted octanol–water partition coefficient (Wildman–Crippen LogP) is 3.14. The monoisotopic (exact) mass is 459 g/mol. The second-order valence-electron chi connectivity index (χ2n) is 7.70. The first-order chi connectivity index (χ1) is 15.9. The Morgan fingerprint density at radius 3 is 2.55 bits per heavy atom. The van der Waals surface area contributed by atoms with Gasteiger partial charge in [0.05, 0.1) is 28.2 Å². The molecule has 1 atom stereocenters. The van der Waals surface area contributed by atoms with Gasteiger partial charge in [-0.05, 0) is 24.0 Å². The fourth-order valence-corrected chi connectivity index (χ4v) is 4.97. The molecule has 0 fully saturated rings. The van der Waals surface area contributed by atoms with E-state index in [1.165, 1.54) is 25.6 Å². The summed E-state index contributed by atoms with van der Waals surface area (Å²) in [6.07, 6.45) is 0.974. The molecule has 0 aliphatic carbocycles. The molecule has 3 heterocycles. The van der Waals surface area contributed by atoms with Crippen LogP contribution in [0, 0.1) is 0 Å². The molecule has 0 N–H and O–H groups in total. The first kappa shape index (κ1) is 21.1. The van der Waals surface area contributed by atoms with Crippen LogP contribution in [0.25, 0.3) is 22.2 Å². The third-order valence-corrected chi connectivity index (χ3v) is 6.41. The van der Waals surface area contributed by atoms with E-state index in [1.54, 1.807) is 26.4 Å². The highest BCUT2D eigenvalue weighted by Crippen LogP contribution is 2.42. The van der Waals surface area contributed by atoms with Crippen LogP contribution in [0.1, 0.15) is 37.3 Å². The maximum absolute atomic E-state index is 13.2. The molecule has 5 rings (SSSR count). The van der Waals surface area contributed by atoms with E-state index in [4.69, 9.17) is 5.10 Å². The van der Waals surface area contributed by atoms with Crippen molar-refractivity contribution >= 4 is 40.2 Å². The normalized spacial score (nSPS) is 14.8. The van der Waals surface area contributed by atoms with E-state index in [-0.39, 0.29) is 11.8 Å². The lowest BCUT2D eigenvalue weighted by atomic mass is 10.0. The Labute approximate surface area is 194 Å². The first-order valence-electron chi connectivity index (χ1n) is 10.6. The summed E-state index contributed by atoms with van der Waals surface area (Å²) in [4.78, 5) is 31.3. The van der Waals surface area contributed by atoms with Crippen molar-refractivity contribution in [2.45, 2.75) is 32.1 Å². The zero-order valence-corrected chi connectivity index (χ0v) is 19.2. The Bertz CT molecular complexity index is 1430. The molecule has 8 nitrogen and oxygen atoms in total. The maximum atomic E-state index is 13.2. The summed E-state index contributed by atoms with van der Waals surface area (Å²) in [7, 11) is 0.